The van der Waals surface area contributed by atoms with Crippen molar-refractivity contribution < 1.29 is 14.3 Å². The van der Waals surface area contributed by atoms with Gasteiger partial charge in [-0.2, -0.15) is 0 Å². The lowest BCUT2D eigenvalue weighted by Crippen LogP contribution is -2.30. The molecule has 0 bridgehead atoms. The Kier molecular flexibility index (Phi) is 3.95. The molecule has 4 nitrogen and oxygen atoms in total. The number of fused-ring (bicyclic) bond motifs is 1. The number of thiophene rings is 1. The van der Waals surface area contributed by atoms with Crippen LogP contribution in [0, 0.1) is 6.92 Å². The minimum atomic E-state index is 0.163. The molecule has 1 unspecified atom stereocenters. The first-order valence-electron chi connectivity index (χ1n) is 7.56. The van der Waals surface area contributed by atoms with E-state index in [-0.39, 0.29) is 11.3 Å². The Balaban J connectivity index is 1.48. The Labute approximate surface area is 143 Å². The zero-order valence-electron chi connectivity index (χ0n) is 12.8. The van der Waals surface area contributed by atoms with Crippen LogP contribution in [0.1, 0.15) is 21.4 Å². The molecule has 1 atom stereocenters. The molecule has 1 aromatic heterocycles. The summed E-state index contributed by atoms with van der Waals surface area (Å²) in [5.74, 6) is 2.40. The molecule has 0 radical (unpaired) electrons. The van der Waals surface area contributed by atoms with Crippen LogP contribution in [0.15, 0.2) is 29.6 Å². The molecule has 0 N–H and O–H groups in total. The maximum atomic E-state index is 12.3. The molecule has 23 heavy (non-hydrogen) atoms. The van der Waals surface area contributed by atoms with Gasteiger partial charge in [0.25, 0.3) is 0 Å². The lowest BCUT2D eigenvalue weighted by Gasteiger charge is -2.23. The summed E-state index contributed by atoms with van der Waals surface area (Å²) < 4.78 is 10.8. The number of ether oxygens (including phenoxy) is 2. The number of rotatable bonds is 4. The van der Waals surface area contributed by atoms with Gasteiger partial charge < -0.3 is 14.4 Å². The van der Waals surface area contributed by atoms with E-state index in [1.807, 2.05) is 23.1 Å². The van der Waals surface area contributed by atoms with Crippen molar-refractivity contribution in [2.45, 2.75) is 18.7 Å². The first-order valence-corrected chi connectivity index (χ1v) is 9.49. The van der Waals surface area contributed by atoms with Crippen molar-refractivity contribution in [3.8, 4) is 11.5 Å². The van der Waals surface area contributed by atoms with Gasteiger partial charge in [-0.25, -0.2) is 0 Å². The van der Waals surface area contributed by atoms with E-state index in [9.17, 15) is 4.79 Å². The van der Waals surface area contributed by atoms with Crippen molar-refractivity contribution in [1.82, 2.24) is 4.90 Å². The number of hydrogen-bond donors (Lipinski definition) is 0. The minimum Gasteiger partial charge on any atom is -0.454 e. The molecule has 2 aliphatic rings. The highest BCUT2D eigenvalue weighted by Gasteiger charge is 2.34. The van der Waals surface area contributed by atoms with Gasteiger partial charge in [-0.1, -0.05) is 6.07 Å². The fourth-order valence-electron chi connectivity index (χ4n) is 2.90. The number of thioether (sulfide) groups is 1. The van der Waals surface area contributed by atoms with Crippen LogP contribution >= 0.6 is 23.1 Å². The van der Waals surface area contributed by atoms with Crippen molar-refractivity contribution in [1.29, 1.82) is 0 Å². The molecular weight excluding hydrogens is 330 g/mol. The van der Waals surface area contributed by atoms with Gasteiger partial charge in [-0.3, -0.25) is 4.79 Å². The van der Waals surface area contributed by atoms with Gasteiger partial charge in [0, 0.05) is 11.4 Å². The zero-order valence-corrected chi connectivity index (χ0v) is 14.4. The van der Waals surface area contributed by atoms with Crippen LogP contribution in [0.4, 0.5) is 0 Å². The van der Waals surface area contributed by atoms with E-state index < -0.39 is 0 Å². The van der Waals surface area contributed by atoms with E-state index in [1.165, 1.54) is 16.0 Å². The largest absolute Gasteiger partial charge is 0.454 e. The molecule has 120 valence electrons. The van der Waals surface area contributed by atoms with Gasteiger partial charge in [0.15, 0.2) is 11.5 Å². The van der Waals surface area contributed by atoms with Gasteiger partial charge in [0.05, 0.1) is 5.75 Å². The van der Waals surface area contributed by atoms with E-state index in [0.717, 1.165) is 24.5 Å². The number of benzene rings is 1. The highest BCUT2D eigenvalue weighted by atomic mass is 32.2. The Hall–Kier alpha value is -1.66. The molecule has 0 aliphatic carbocycles. The lowest BCUT2D eigenvalue weighted by atomic mass is 10.1. The van der Waals surface area contributed by atoms with Crippen molar-refractivity contribution in [2.75, 3.05) is 19.1 Å². The minimum absolute atomic E-state index is 0.163. The lowest BCUT2D eigenvalue weighted by molar-refractivity contribution is -0.127. The number of carbonyl (C=O) groups is 1. The molecule has 1 aromatic carbocycles. The summed E-state index contributed by atoms with van der Waals surface area (Å²) in [6.07, 6.45) is 0.823. The monoisotopic (exact) mass is 347 g/mol. The van der Waals surface area contributed by atoms with Crippen LogP contribution in [0.2, 0.25) is 0 Å². The van der Waals surface area contributed by atoms with Crippen molar-refractivity contribution in [3.63, 3.8) is 0 Å². The highest BCUT2D eigenvalue weighted by Crippen LogP contribution is 2.42. The summed E-state index contributed by atoms with van der Waals surface area (Å²) in [6, 6.07) is 8.13. The SMILES string of the molecule is Cc1ccsc1C1SCC(=O)N1CCc1ccc2c(c1)OCO2. The second-order valence-electron chi connectivity index (χ2n) is 5.66. The van der Waals surface area contributed by atoms with E-state index in [2.05, 4.69) is 18.4 Å². The van der Waals surface area contributed by atoms with Gasteiger partial charge >= 0.3 is 0 Å². The highest BCUT2D eigenvalue weighted by molar-refractivity contribution is 8.00. The van der Waals surface area contributed by atoms with Gasteiger partial charge in [0.2, 0.25) is 12.7 Å². The van der Waals surface area contributed by atoms with Crippen LogP contribution in [0.25, 0.3) is 0 Å². The number of aryl methyl sites for hydroxylation is 1. The smallest absolute Gasteiger partial charge is 0.233 e. The average molecular weight is 347 g/mol. The second-order valence-corrected chi connectivity index (χ2v) is 7.67. The van der Waals surface area contributed by atoms with Crippen molar-refractivity contribution in [2.24, 2.45) is 0 Å². The Morgan fingerprint density at radius 1 is 1.26 bits per heavy atom. The van der Waals surface area contributed by atoms with Crippen LogP contribution in [0.5, 0.6) is 11.5 Å². The van der Waals surface area contributed by atoms with Gasteiger partial charge in [-0.15, -0.1) is 23.1 Å². The molecule has 6 heteroatoms. The van der Waals surface area contributed by atoms with Gasteiger partial charge in [0.1, 0.15) is 5.37 Å². The van der Waals surface area contributed by atoms with E-state index in [4.69, 9.17) is 9.47 Å². The fraction of sp³-hybridized carbons (Fsp3) is 0.353. The molecule has 1 saturated heterocycles. The molecule has 2 aliphatic heterocycles. The number of hydrogen-bond acceptors (Lipinski definition) is 5. The van der Waals surface area contributed by atoms with Crippen LogP contribution < -0.4 is 9.47 Å². The summed E-state index contributed by atoms with van der Waals surface area (Å²) in [4.78, 5) is 15.6. The third kappa shape index (κ3) is 2.81. The summed E-state index contributed by atoms with van der Waals surface area (Å²) in [6.45, 7) is 3.14. The third-order valence-electron chi connectivity index (χ3n) is 4.17. The standard InChI is InChI=1S/C17H17NO3S2/c1-11-5-7-22-16(11)17-18(15(19)9-23-17)6-4-12-2-3-13-14(8-12)21-10-20-13/h2-3,5,7-8,17H,4,6,9-10H2,1H3. The Morgan fingerprint density at radius 3 is 2.96 bits per heavy atom. The van der Waals surface area contributed by atoms with Crippen LogP contribution in [0.3, 0.4) is 0 Å². The van der Waals surface area contributed by atoms with Crippen molar-refractivity contribution in [3.05, 3.63) is 45.6 Å². The quantitative estimate of drug-likeness (QED) is 0.847. The topological polar surface area (TPSA) is 38.8 Å². The average Bonchev–Trinajstić information content (AvgIpc) is 3.25. The van der Waals surface area contributed by atoms with E-state index >= 15 is 0 Å². The fourth-order valence-corrected chi connectivity index (χ4v) is 5.39. The molecule has 2 aromatic rings. The summed E-state index contributed by atoms with van der Waals surface area (Å²) in [5.41, 5.74) is 2.44. The molecule has 4 rings (SSSR count). The predicted octanol–water partition coefficient (Wildman–Crippen LogP) is 3.60. The molecule has 0 spiro atoms. The summed E-state index contributed by atoms with van der Waals surface area (Å²) >= 11 is 3.47. The zero-order chi connectivity index (χ0) is 15.8. The maximum Gasteiger partial charge on any atom is 0.233 e. The normalized spacial score (nSPS) is 19.6. The Bertz CT molecular complexity index is 743. The number of amides is 1. The number of carbonyl (C=O) groups excluding carboxylic acids is 1. The third-order valence-corrected chi connectivity index (χ3v) is 6.61. The molecule has 3 heterocycles. The van der Waals surface area contributed by atoms with Crippen LogP contribution in [-0.2, 0) is 11.2 Å². The second kappa shape index (κ2) is 6.09. The molecule has 1 fully saturated rings. The van der Waals surface area contributed by atoms with E-state index in [0.29, 0.717) is 12.5 Å². The molecule has 0 saturated carbocycles. The maximum absolute atomic E-state index is 12.3. The molecule has 1 amide bonds. The van der Waals surface area contributed by atoms with Gasteiger partial charge in [-0.05, 0) is 48.1 Å². The van der Waals surface area contributed by atoms with Crippen LogP contribution in [-0.4, -0.2) is 29.9 Å². The first kappa shape index (κ1) is 14.9. The van der Waals surface area contributed by atoms with Crippen molar-refractivity contribution >= 4 is 29.0 Å². The summed E-state index contributed by atoms with van der Waals surface area (Å²) in [7, 11) is 0. The number of nitrogens with zero attached hydrogens (tertiary/aromatic N) is 1. The molecular formula is C17H17NO3S2. The Morgan fingerprint density at radius 2 is 2.13 bits per heavy atom. The predicted molar refractivity (Wildman–Crippen MR) is 92.2 cm³/mol. The first-order chi connectivity index (χ1) is 11.2. The van der Waals surface area contributed by atoms with E-state index in [1.54, 1.807) is 23.1 Å². The summed E-state index contributed by atoms with van der Waals surface area (Å²) in [5, 5.41) is 2.26.